The Morgan fingerprint density at radius 2 is 1.71 bits per heavy atom. The van der Waals surface area contributed by atoms with Gasteiger partial charge in [0.15, 0.2) is 0 Å². The third-order valence-electron chi connectivity index (χ3n) is 4.06. The molecule has 1 atom stereocenters. The minimum absolute atomic E-state index is 0.433. The molecule has 0 bridgehead atoms. The molecule has 0 aliphatic heterocycles. The predicted molar refractivity (Wildman–Crippen MR) is 94.8 cm³/mol. The number of benzene rings is 1. The normalized spacial score (nSPS) is 13.7. The second-order valence-corrected chi connectivity index (χ2v) is 8.15. The fourth-order valence-electron chi connectivity index (χ4n) is 2.64. The molecule has 1 N–H and O–H groups in total. The molecule has 21 heavy (non-hydrogen) atoms. The maximum absolute atomic E-state index is 3.66. The van der Waals surface area contributed by atoms with Crippen LogP contribution in [-0.4, -0.2) is 13.1 Å². The summed E-state index contributed by atoms with van der Waals surface area (Å²) in [6, 6.07) is 8.84. The summed E-state index contributed by atoms with van der Waals surface area (Å²) < 4.78 is 0. The first-order valence-corrected chi connectivity index (χ1v) is 8.53. The first kappa shape index (κ1) is 18.2. The second-order valence-electron chi connectivity index (χ2n) is 8.15. The summed E-state index contributed by atoms with van der Waals surface area (Å²) in [7, 11) is 0. The molecule has 0 radical (unpaired) electrons. The molecule has 0 saturated carbocycles. The molecule has 1 rings (SSSR count). The molecule has 0 aliphatic carbocycles. The fraction of sp³-hybridized carbons (Fsp3) is 0.700. The minimum atomic E-state index is 0.433. The van der Waals surface area contributed by atoms with Crippen LogP contribution in [0.4, 0.5) is 0 Å². The highest BCUT2D eigenvalue weighted by Gasteiger charge is 2.16. The van der Waals surface area contributed by atoms with E-state index < -0.39 is 0 Å². The van der Waals surface area contributed by atoms with Crippen LogP contribution in [0.1, 0.15) is 58.6 Å². The summed E-state index contributed by atoms with van der Waals surface area (Å²) in [4.78, 5) is 0. The summed E-state index contributed by atoms with van der Waals surface area (Å²) >= 11 is 0. The third-order valence-corrected chi connectivity index (χ3v) is 4.06. The zero-order valence-corrected chi connectivity index (χ0v) is 15.0. The van der Waals surface area contributed by atoms with Gasteiger partial charge in [0.25, 0.3) is 0 Å². The Morgan fingerprint density at radius 1 is 1.05 bits per heavy atom. The van der Waals surface area contributed by atoms with E-state index in [1.54, 1.807) is 0 Å². The Morgan fingerprint density at radius 3 is 2.29 bits per heavy atom. The summed E-state index contributed by atoms with van der Waals surface area (Å²) in [5.74, 6) is 1.47. The van der Waals surface area contributed by atoms with E-state index in [1.807, 2.05) is 0 Å². The topological polar surface area (TPSA) is 12.0 Å². The van der Waals surface area contributed by atoms with Gasteiger partial charge in [0, 0.05) is 0 Å². The largest absolute Gasteiger partial charge is 0.316 e. The first-order chi connectivity index (χ1) is 9.78. The van der Waals surface area contributed by atoms with Crippen molar-refractivity contribution in [3.63, 3.8) is 0 Å². The van der Waals surface area contributed by atoms with Crippen LogP contribution in [0.3, 0.4) is 0 Å². The Labute approximate surface area is 132 Å². The monoisotopic (exact) mass is 289 g/mol. The van der Waals surface area contributed by atoms with Gasteiger partial charge < -0.3 is 5.32 Å². The van der Waals surface area contributed by atoms with E-state index in [4.69, 9.17) is 0 Å². The average molecular weight is 290 g/mol. The van der Waals surface area contributed by atoms with Gasteiger partial charge in [0.05, 0.1) is 0 Å². The molecule has 120 valence electrons. The third kappa shape index (κ3) is 8.26. The summed E-state index contributed by atoms with van der Waals surface area (Å²) in [6.45, 7) is 16.1. The van der Waals surface area contributed by atoms with Gasteiger partial charge in [-0.2, -0.15) is 0 Å². The molecular weight excluding hydrogens is 254 g/mol. The van der Waals surface area contributed by atoms with E-state index in [0.717, 1.165) is 24.9 Å². The Balaban J connectivity index is 2.60. The van der Waals surface area contributed by atoms with Gasteiger partial charge in [-0.1, -0.05) is 58.9 Å². The van der Waals surface area contributed by atoms with E-state index in [1.165, 1.54) is 30.4 Å². The smallest absolute Gasteiger partial charge is 0.00172 e. The van der Waals surface area contributed by atoms with Crippen molar-refractivity contribution in [1.29, 1.82) is 0 Å². The first-order valence-electron chi connectivity index (χ1n) is 8.53. The number of hydrogen-bond acceptors (Lipinski definition) is 1. The highest BCUT2D eigenvalue weighted by Crippen LogP contribution is 2.25. The molecule has 0 saturated heterocycles. The van der Waals surface area contributed by atoms with Crippen molar-refractivity contribution >= 4 is 0 Å². The second kappa shape index (κ2) is 8.58. The Hall–Kier alpha value is -0.820. The zero-order valence-electron chi connectivity index (χ0n) is 15.0. The zero-order chi connectivity index (χ0) is 15.9. The fourth-order valence-corrected chi connectivity index (χ4v) is 2.64. The van der Waals surface area contributed by atoms with Gasteiger partial charge in [-0.3, -0.25) is 0 Å². The number of aryl methyl sites for hydroxylation is 1. The molecule has 0 spiro atoms. The van der Waals surface area contributed by atoms with Crippen molar-refractivity contribution in [1.82, 2.24) is 5.32 Å². The van der Waals surface area contributed by atoms with Crippen molar-refractivity contribution in [2.24, 2.45) is 17.3 Å². The SMILES string of the molecule is Cc1ccccc1CC(CCC(C)(C)C)CNCC(C)C. The molecular formula is C20H35N. The van der Waals surface area contributed by atoms with Crippen LogP contribution in [0.25, 0.3) is 0 Å². The lowest BCUT2D eigenvalue weighted by molar-refractivity contribution is 0.311. The van der Waals surface area contributed by atoms with Crippen molar-refractivity contribution < 1.29 is 0 Å². The van der Waals surface area contributed by atoms with Crippen molar-refractivity contribution in [2.45, 2.75) is 60.8 Å². The lowest BCUT2D eigenvalue weighted by atomic mass is 9.84. The van der Waals surface area contributed by atoms with E-state index >= 15 is 0 Å². The summed E-state index contributed by atoms with van der Waals surface area (Å²) in [6.07, 6.45) is 3.81. The Kier molecular flexibility index (Phi) is 7.45. The highest BCUT2D eigenvalue weighted by atomic mass is 14.9. The van der Waals surface area contributed by atoms with E-state index in [0.29, 0.717) is 5.41 Å². The van der Waals surface area contributed by atoms with Crippen LogP contribution >= 0.6 is 0 Å². The number of rotatable bonds is 8. The van der Waals surface area contributed by atoms with Crippen LogP contribution < -0.4 is 5.32 Å². The van der Waals surface area contributed by atoms with Crippen LogP contribution in [0.5, 0.6) is 0 Å². The summed E-state index contributed by atoms with van der Waals surface area (Å²) in [5.41, 5.74) is 3.38. The predicted octanol–water partition coefficient (Wildman–Crippen LogP) is 5.23. The van der Waals surface area contributed by atoms with Crippen LogP contribution in [-0.2, 0) is 6.42 Å². The number of nitrogens with one attached hydrogen (secondary N) is 1. The molecule has 1 aromatic rings. The maximum Gasteiger partial charge on any atom is -0.00172 e. The van der Waals surface area contributed by atoms with E-state index in [-0.39, 0.29) is 0 Å². The van der Waals surface area contributed by atoms with E-state index in [2.05, 4.69) is 71.1 Å². The minimum Gasteiger partial charge on any atom is -0.316 e. The van der Waals surface area contributed by atoms with Crippen LogP contribution in [0.15, 0.2) is 24.3 Å². The lowest BCUT2D eigenvalue weighted by Gasteiger charge is -2.24. The molecule has 0 heterocycles. The van der Waals surface area contributed by atoms with Crippen LogP contribution in [0, 0.1) is 24.2 Å². The molecule has 0 aliphatic rings. The highest BCUT2D eigenvalue weighted by molar-refractivity contribution is 5.25. The van der Waals surface area contributed by atoms with Crippen molar-refractivity contribution in [3.8, 4) is 0 Å². The van der Waals surface area contributed by atoms with Gasteiger partial charge in [-0.15, -0.1) is 0 Å². The van der Waals surface area contributed by atoms with E-state index in [9.17, 15) is 0 Å². The average Bonchev–Trinajstić information content (AvgIpc) is 2.37. The Bertz CT molecular complexity index is 401. The van der Waals surface area contributed by atoms with Gasteiger partial charge in [0.2, 0.25) is 0 Å². The van der Waals surface area contributed by atoms with Gasteiger partial charge in [0.1, 0.15) is 0 Å². The molecule has 0 fully saturated rings. The molecule has 1 unspecified atom stereocenters. The quantitative estimate of drug-likeness (QED) is 0.691. The van der Waals surface area contributed by atoms with Crippen molar-refractivity contribution in [2.75, 3.05) is 13.1 Å². The van der Waals surface area contributed by atoms with Crippen molar-refractivity contribution in [3.05, 3.63) is 35.4 Å². The summed E-state index contributed by atoms with van der Waals surface area (Å²) in [5, 5.41) is 3.66. The molecule has 0 aromatic heterocycles. The molecule has 1 nitrogen and oxygen atoms in total. The van der Waals surface area contributed by atoms with Gasteiger partial charge in [-0.05, 0) is 67.7 Å². The molecule has 1 aromatic carbocycles. The van der Waals surface area contributed by atoms with Crippen LogP contribution in [0.2, 0.25) is 0 Å². The molecule has 1 heteroatoms. The lowest BCUT2D eigenvalue weighted by Crippen LogP contribution is -2.28. The molecule has 0 amide bonds. The van der Waals surface area contributed by atoms with Gasteiger partial charge in [-0.25, -0.2) is 0 Å². The maximum atomic E-state index is 3.66. The van der Waals surface area contributed by atoms with Gasteiger partial charge >= 0.3 is 0 Å². The standard InChI is InChI=1S/C20H35N/c1-16(2)14-21-15-18(11-12-20(4,5)6)13-19-10-8-7-9-17(19)3/h7-10,16,18,21H,11-15H2,1-6H3. The number of hydrogen-bond donors (Lipinski definition) is 1.